The Balaban J connectivity index is 1.70. The minimum absolute atomic E-state index is 0.362. The highest BCUT2D eigenvalue weighted by molar-refractivity contribution is 7.89. The fourth-order valence-corrected chi connectivity index (χ4v) is 4.13. The summed E-state index contributed by atoms with van der Waals surface area (Å²) in [5, 5.41) is 3.99. The number of sulfonamides is 1. The number of benzene rings is 1. The van der Waals surface area contributed by atoms with Crippen LogP contribution >= 0.6 is 0 Å². The zero-order valence-corrected chi connectivity index (χ0v) is 14.2. The van der Waals surface area contributed by atoms with Gasteiger partial charge in [0.15, 0.2) is 5.82 Å². The maximum atomic E-state index is 12.7. The molecule has 0 aliphatic carbocycles. The number of nitrogens with zero attached hydrogens (tertiary/aromatic N) is 3. The highest BCUT2D eigenvalue weighted by Gasteiger charge is 2.29. The Bertz CT molecular complexity index is 760. The normalized spacial score (nSPS) is 16.7. The first-order chi connectivity index (χ1) is 11.0. The SMILES string of the molecule is CCc1ccc(S(=O)(=O)N2CCN(c3cc(C)on3)CC2)cc1. The van der Waals surface area contributed by atoms with E-state index in [-0.39, 0.29) is 0 Å². The van der Waals surface area contributed by atoms with Gasteiger partial charge >= 0.3 is 0 Å². The largest absolute Gasteiger partial charge is 0.360 e. The van der Waals surface area contributed by atoms with Crippen molar-refractivity contribution in [3.05, 3.63) is 41.7 Å². The first-order valence-electron chi connectivity index (χ1n) is 7.78. The fourth-order valence-electron chi connectivity index (χ4n) is 2.71. The number of hydrogen-bond acceptors (Lipinski definition) is 5. The molecule has 0 N–H and O–H groups in total. The lowest BCUT2D eigenvalue weighted by Crippen LogP contribution is -2.48. The molecule has 0 saturated carbocycles. The summed E-state index contributed by atoms with van der Waals surface area (Å²) in [5.74, 6) is 1.53. The highest BCUT2D eigenvalue weighted by Crippen LogP contribution is 2.21. The molecule has 0 radical (unpaired) electrons. The molecule has 1 aromatic heterocycles. The van der Waals surface area contributed by atoms with Gasteiger partial charge in [0.05, 0.1) is 4.90 Å². The van der Waals surface area contributed by atoms with Crippen molar-refractivity contribution < 1.29 is 12.9 Å². The molecule has 0 unspecified atom stereocenters. The topological polar surface area (TPSA) is 66.7 Å². The lowest BCUT2D eigenvalue weighted by Gasteiger charge is -2.33. The second-order valence-corrected chi connectivity index (χ2v) is 7.62. The summed E-state index contributed by atoms with van der Waals surface area (Å²) in [5.41, 5.74) is 1.13. The molecular weight excluding hydrogens is 314 g/mol. The van der Waals surface area contributed by atoms with Crippen LogP contribution in [0.3, 0.4) is 0 Å². The molecule has 1 aliphatic heterocycles. The first kappa shape index (κ1) is 16.0. The molecule has 3 rings (SSSR count). The predicted octanol–water partition coefficient (Wildman–Crippen LogP) is 2.06. The van der Waals surface area contributed by atoms with Crippen molar-refractivity contribution in [2.45, 2.75) is 25.2 Å². The molecule has 0 spiro atoms. The average molecular weight is 335 g/mol. The van der Waals surface area contributed by atoms with Crippen molar-refractivity contribution in [1.29, 1.82) is 0 Å². The summed E-state index contributed by atoms with van der Waals surface area (Å²) in [6, 6.07) is 9.01. The molecule has 2 heterocycles. The Hall–Kier alpha value is -1.86. The van der Waals surface area contributed by atoms with Gasteiger partial charge in [-0.2, -0.15) is 4.31 Å². The zero-order valence-electron chi connectivity index (χ0n) is 13.4. The number of aryl methyl sites for hydroxylation is 2. The molecule has 0 atom stereocenters. The van der Waals surface area contributed by atoms with Crippen LogP contribution in [0.1, 0.15) is 18.2 Å². The quantitative estimate of drug-likeness (QED) is 0.855. The van der Waals surface area contributed by atoms with Crippen LogP contribution in [0, 0.1) is 6.92 Å². The summed E-state index contributed by atoms with van der Waals surface area (Å²) in [6.45, 7) is 6.01. The smallest absolute Gasteiger partial charge is 0.243 e. The van der Waals surface area contributed by atoms with Crippen molar-refractivity contribution in [3.8, 4) is 0 Å². The number of anilines is 1. The zero-order chi connectivity index (χ0) is 16.4. The highest BCUT2D eigenvalue weighted by atomic mass is 32.2. The van der Waals surface area contributed by atoms with E-state index in [2.05, 4.69) is 5.16 Å². The third-order valence-electron chi connectivity index (χ3n) is 4.15. The molecule has 1 aliphatic rings. The standard InChI is InChI=1S/C16H21N3O3S/c1-3-14-4-6-15(7-5-14)23(20,21)19-10-8-18(9-11-19)16-12-13(2)22-17-16/h4-7,12H,3,8-11H2,1-2H3. The summed E-state index contributed by atoms with van der Waals surface area (Å²) < 4.78 is 32.0. The van der Waals surface area contributed by atoms with Crippen LogP contribution in [0.4, 0.5) is 5.82 Å². The van der Waals surface area contributed by atoms with Crippen LogP contribution in [0.25, 0.3) is 0 Å². The van der Waals surface area contributed by atoms with Gasteiger partial charge in [-0.25, -0.2) is 8.42 Å². The van der Waals surface area contributed by atoms with Crippen LogP contribution in [0.15, 0.2) is 39.8 Å². The van der Waals surface area contributed by atoms with Gasteiger partial charge < -0.3 is 9.42 Å². The van der Waals surface area contributed by atoms with E-state index >= 15 is 0 Å². The lowest BCUT2D eigenvalue weighted by atomic mass is 10.2. The van der Waals surface area contributed by atoms with E-state index in [1.54, 1.807) is 12.1 Å². The number of piperazine rings is 1. The lowest BCUT2D eigenvalue weighted by molar-refractivity contribution is 0.371. The van der Waals surface area contributed by atoms with Crippen LogP contribution in [0.2, 0.25) is 0 Å². The number of hydrogen-bond donors (Lipinski definition) is 0. The van der Waals surface area contributed by atoms with Gasteiger partial charge in [-0.05, 0) is 31.0 Å². The van der Waals surface area contributed by atoms with Gasteiger partial charge in [0.2, 0.25) is 10.0 Å². The molecule has 1 fully saturated rings. The van der Waals surface area contributed by atoms with Crippen LogP contribution in [0.5, 0.6) is 0 Å². The fraction of sp³-hybridized carbons (Fsp3) is 0.438. The molecule has 1 aromatic carbocycles. The molecule has 23 heavy (non-hydrogen) atoms. The van der Waals surface area contributed by atoms with Gasteiger partial charge in [-0.1, -0.05) is 24.2 Å². The molecule has 2 aromatic rings. The molecule has 6 nitrogen and oxygen atoms in total. The minimum Gasteiger partial charge on any atom is -0.360 e. The van der Waals surface area contributed by atoms with E-state index in [1.807, 2.05) is 36.9 Å². The molecule has 1 saturated heterocycles. The third kappa shape index (κ3) is 3.25. The number of rotatable bonds is 4. The van der Waals surface area contributed by atoms with Crippen LogP contribution in [-0.2, 0) is 16.4 Å². The maximum Gasteiger partial charge on any atom is 0.243 e. The second-order valence-electron chi connectivity index (χ2n) is 5.68. The third-order valence-corrected chi connectivity index (χ3v) is 6.06. The Morgan fingerprint density at radius 2 is 1.78 bits per heavy atom. The van der Waals surface area contributed by atoms with Crippen molar-refractivity contribution in [2.24, 2.45) is 0 Å². The van der Waals surface area contributed by atoms with Gasteiger partial charge in [0.1, 0.15) is 5.76 Å². The van der Waals surface area contributed by atoms with E-state index in [0.29, 0.717) is 31.1 Å². The Morgan fingerprint density at radius 3 is 2.30 bits per heavy atom. The number of aromatic nitrogens is 1. The molecule has 124 valence electrons. The van der Waals surface area contributed by atoms with Crippen LogP contribution in [-0.4, -0.2) is 44.1 Å². The predicted molar refractivity (Wildman–Crippen MR) is 88.0 cm³/mol. The summed E-state index contributed by atoms with van der Waals surface area (Å²) in [4.78, 5) is 2.41. The van der Waals surface area contributed by atoms with Crippen molar-refractivity contribution in [1.82, 2.24) is 9.46 Å². The van der Waals surface area contributed by atoms with Crippen LogP contribution < -0.4 is 4.90 Å². The molecular formula is C16H21N3O3S. The minimum atomic E-state index is -3.42. The van der Waals surface area contributed by atoms with Gasteiger partial charge in [0.25, 0.3) is 0 Å². The van der Waals surface area contributed by atoms with E-state index < -0.39 is 10.0 Å². The van der Waals surface area contributed by atoms with Crippen molar-refractivity contribution in [2.75, 3.05) is 31.1 Å². The molecule has 0 amide bonds. The first-order valence-corrected chi connectivity index (χ1v) is 9.22. The summed E-state index contributed by atoms with van der Waals surface area (Å²) >= 11 is 0. The average Bonchev–Trinajstić information content (AvgIpc) is 3.01. The second kappa shape index (κ2) is 6.33. The molecule has 0 bridgehead atoms. The van der Waals surface area contributed by atoms with E-state index in [4.69, 9.17) is 4.52 Å². The summed E-state index contributed by atoms with van der Waals surface area (Å²) in [7, 11) is -3.42. The monoisotopic (exact) mass is 335 g/mol. The van der Waals surface area contributed by atoms with E-state index in [1.165, 1.54) is 4.31 Å². The van der Waals surface area contributed by atoms with E-state index in [9.17, 15) is 8.42 Å². The molecule has 7 heteroatoms. The van der Waals surface area contributed by atoms with Gasteiger partial charge in [-0.15, -0.1) is 0 Å². The Kier molecular flexibility index (Phi) is 4.41. The van der Waals surface area contributed by atoms with Gasteiger partial charge in [-0.3, -0.25) is 0 Å². The van der Waals surface area contributed by atoms with Crippen molar-refractivity contribution >= 4 is 15.8 Å². The van der Waals surface area contributed by atoms with E-state index in [0.717, 1.165) is 23.6 Å². The van der Waals surface area contributed by atoms with Gasteiger partial charge in [0, 0.05) is 32.2 Å². The Morgan fingerprint density at radius 1 is 1.13 bits per heavy atom. The Labute approximate surface area is 136 Å². The summed E-state index contributed by atoms with van der Waals surface area (Å²) in [6.07, 6.45) is 0.899. The maximum absolute atomic E-state index is 12.7. The van der Waals surface area contributed by atoms with Crippen molar-refractivity contribution in [3.63, 3.8) is 0 Å².